The molecule has 0 saturated heterocycles. The first-order valence-electron chi connectivity index (χ1n) is 6.12. The molecule has 0 aromatic carbocycles. The predicted molar refractivity (Wildman–Crippen MR) is 69.6 cm³/mol. The Balaban J connectivity index is 2.49. The van der Waals surface area contributed by atoms with Crippen LogP contribution >= 0.6 is 0 Å². The number of nitrogens with one attached hydrogen (secondary N) is 2. The van der Waals surface area contributed by atoms with Gasteiger partial charge in [0.1, 0.15) is 5.69 Å². The SMILES string of the molecule is CCCCNc1nccc(C(=O)NCCOC)n1. The maximum Gasteiger partial charge on any atom is 0.270 e. The molecular formula is C12H20N4O2. The number of carbonyl (C=O) groups excluding carboxylic acids is 1. The number of anilines is 1. The molecule has 0 aliphatic carbocycles. The second-order valence-electron chi connectivity index (χ2n) is 3.79. The number of methoxy groups -OCH3 is 1. The number of nitrogens with zero attached hydrogens (tertiary/aromatic N) is 2. The highest BCUT2D eigenvalue weighted by Crippen LogP contribution is 2.01. The van der Waals surface area contributed by atoms with E-state index in [4.69, 9.17) is 4.74 Å². The molecule has 6 heteroatoms. The van der Waals surface area contributed by atoms with Crippen molar-refractivity contribution in [2.45, 2.75) is 19.8 Å². The quantitative estimate of drug-likeness (QED) is 0.677. The lowest BCUT2D eigenvalue weighted by molar-refractivity contribution is 0.0932. The molecule has 0 fully saturated rings. The van der Waals surface area contributed by atoms with Crippen LogP contribution in [-0.2, 0) is 4.74 Å². The van der Waals surface area contributed by atoms with Gasteiger partial charge in [-0.1, -0.05) is 13.3 Å². The van der Waals surface area contributed by atoms with Crippen molar-refractivity contribution < 1.29 is 9.53 Å². The molecule has 0 aliphatic heterocycles. The van der Waals surface area contributed by atoms with Gasteiger partial charge >= 0.3 is 0 Å². The Hall–Kier alpha value is -1.69. The van der Waals surface area contributed by atoms with Crippen LogP contribution < -0.4 is 10.6 Å². The number of hydrogen-bond donors (Lipinski definition) is 2. The maximum atomic E-state index is 11.7. The van der Waals surface area contributed by atoms with Gasteiger partial charge in [-0.3, -0.25) is 4.79 Å². The van der Waals surface area contributed by atoms with Crippen LogP contribution in [0.1, 0.15) is 30.3 Å². The summed E-state index contributed by atoms with van der Waals surface area (Å²) in [6.45, 7) is 3.88. The van der Waals surface area contributed by atoms with Crippen molar-refractivity contribution in [2.24, 2.45) is 0 Å². The summed E-state index contributed by atoms with van der Waals surface area (Å²) < 4.78 is 4.86. The molecule has 2 N–H and O–H groups in total. The molecule has 18 heavy (non-hydrogen) atoms. The zero-order chi connectivity index (χ0) is 13.2. The maximum absolute atomic E-state index is 11.7. The third-order valence-electron chi connectivity index (χ3n) is 2.29. The van der Waals surface area contributed by atoms with Gasteiger partial charge in [-0.25, -0.2) is 9.97 Å². The third kappa shape index (κ3) is 5.09. The molecule has 0 unspecified atom stereocenters. The van der Waals surface area contributed by atoms with Gasteiger partial charge in [0.15, 0.2) is 0 Å². The van der Waals surface area contributed by atoms with Crippen LogP contribution in [0.3, 0.4) is 0 Å². The highest BCUT2D eigenvalue weighted by atomic mass is 16.5. The fourth-order valence-electron chi connectivity index (χ4n) is 1.30. The van der Waals surface area contributed by atoms with Crippen LogP contribution in [-0.4, -0.2) is 42.7 Å². The van der Waals surface area contributed by atoms with E-state index in [1.165, 1.54) is 0 Å². The molecule has 1 aromatic rings. The van der Waals surface area contributed by atoms with Gasteiger partial charge in [0, 0.05) is 26.4 Å². The molecule has 1 rings (SSSR count). The summed E-state index contributed by atoms with van der Waals surface area (Å²) in [5.41, 5.74) is 0.361. The number of aromatic nitrogens is 2. The third-order valence-corrected chi connectivity index (χ3v) is 2.29. The van der Waals surface area contributed by atoms with E-state index in [9.17, 15) is 4.79 Å². The van der Waals surface area contributed by atoms with Crippen molar-refractivity contribution in [1.82, 2.24) is 15.3 Å². The van der Waals surface area contributed by atoms with E-state index >= 15 is 0 Å². The van der Waals surface area contributed by atoms with Crippen LogP contribution in [0, 0.1) is 0 Å². The molecule has 1 heterocycles. The van der Waals surface area contributed by atoms with Gasteiger partial charge in [0.2, 0.25) is 5.95 Å². The number of amides is 1. The van der Waals surface area contributed by atoms with Gasteiger partial charge in [-0.05, 0) is 12.5 Å². The van der Waals surface area contributed by atoms with Gasteiger partial charge < -0.3 is 15.4 Å². The Morgan fingerprint density at radius 1 is 1.44 bits per heavy atom. The molecule has 1 aromatic heterocycles. The van der Waals surface area contributed by atoms with Crippen molar-refractivity contribution in [1.29, 1.82) is 0 Å². The van der Waals surface area contributed by atoms with Crippen molar-refractivity contribution in [3.8, 4) is 0 Å². The smallest absolute Gasteiger partial charge is 0.270 e. The van der Waals surface area contributed by atoms with Crippen molar-refractivity contribution in [2.75, 3.05) is 32.1 Å². The van der Waals surface area contributed by atoms with E-state index in [1.807, 2.05) is 0 Å². The van der Waals surface area contributed by atoms with Crippen LogP contribution in [0.5, 0.6) is 0 Å². The first kappa shape index (κ1) is 14.4. The molecule has 1 amide bonds. The minimum Gasteiger partial charge on any atom is -0.383 e. The van der Waals surface area contributed by atoms with Crippen LogP contribution in [0.2, 0.25) is 0 Å². The highest BCUT2D eigenvalue weighted by Gasteiger charge is 2.07. The Morgan fingerprint density at radius 2 is 2.28 bits per heavy atom. The Kier molecular flexibility index (Phi) is 6.71. The van der Waals surface area contributed by atoms with Crippen LogP contribution in [0.4, 0.5) is 5.95 Å². The first-order chi connectivity index (χ1) is 8.77. The number of rotatable bonds is 8. The second kappa shape index (κ2) is 8.41. The lowest BCUT2D eigenvalue weighted by Gasteiger charge is -2.06. The predicted octanol–water partition coefficient (Wildman–Crippen LogP) is 1.06. The van der Waals surface area contributed by atoms with E-state index in [-0.39, 0.29) is 5.91 Å². The zero-order valence-electron chi connectivity index (χ0n) is 10.9. The van der Waals surface area contributed by atoms with Crippen molar-refractivity contribution in [3.63, 3.8) is 0 Å². The van der Waals surface area contributed by atoms with E-state index in [0.29, 0.717) is 24.8 Å². The Labute approximate surface area is 107 Å². The summed E-state index contributed by atoms with van der Waals surface area (Å²) in [5, 5.41) is 5.79. The normalized spacial score (nSPS) is 10.1. The number of unbranched alkanes of at least 4 members (excludes halogenated alkanes) is 1. The molecule has 0 aliphatic rings. The molecule has 0 saturated carbocycles. The van der Waals surface area contributed by atoms with Crippen molar-refractivity contribution in [3.05, 3.63) is 18.0 Å². The van der Waals surface area contributed by atoms with E-state index < -0.39 is 0 Å². The molecule has 0 atom stereocenters. The largest absolute Gasteiger partial charge is 0.383 e. The number of hydrogen-bond acceptors (Lipinski definition) is 5. The summed E-state index contributed by atoms with van der Waals surface area (Å²) in [5.74, 6) is 0.274. The van der Waals surface area contributed by atoms with Gasteiger partial charge in [0.25, 0.3) is 5.91 Å². The lowest BCUT2D eigenvalue weighted by Crippen LogP contribution is -2.28. The minimum atomic E-state index is -0.215. The second-order valence-corrected chi connectivity index (χ2v) is 3.79. The standard InChI is InChI=1S/C12H20N4O2/c1-3-4-6-14-12-15-7-5-10(16-12)11(17)13-8-9-18-2/h5,7H,3-4,6,8-9H2,1-2H3,(H,13,17)(H,14,15,16). The number of carbonyl (C=O) groups is 1. The summed E-state index contributed by atoms with van der Waals surface area (Å²) >= 11 is 0. The van der Waals surface area contributed by atoms with Gasteiger partial charge in [0.05, 0.1) is 6.61 Å². The molecule has 100 valence electrons. The summed E-state index contributed by atoms with van der Waals surface area (Å²) in [6, 6.07) is 1.59. The lowest BCUT2D eigenvalue weighted by atomic mass is 10.3. The van der Waals surface area contributed by atoms with E-state index in [0.717, 1.165) is 19.4 Å². The summed E-state index contributed by atoms with van der Waals surface area (Å²) in [6.07, 6.45) is 3.73. The van der Waals surface area contributed by atoms with E-state index in [1.54, 1.807) is 19.4 Å². The Bertz CT molecular complexity index is 371. The summed E-state index contributed by atoms with van der Waals surface area (Å²) in [7, 11) is 1.59. The van der Waals surface area contributed by atoms with Crippen LogP contribution in [0.25, 0.3) is 0 Å². The first-order valence-corrected chi connectivity index (χ1v) is 6.12. The van der Waals surface area contributed by atoms with Gasteiger partial charge in [-0.2, -0.15) is 0 Å². The fraction of sp³-hybridized carbons (Fsp3) is 0.583. The minimum absolute atomic E-state index is 0.215. The monoisotopic (exact) mass is 252 g/mol. The van der Waals surface area contributed by atoms with Crippen LogP contribution in [0.15, 0.2) is 12.3 Å². The molecular weight excluding hydrogens is 232 g/mol. The van der Waals surface area contributed by atoms with E-state index in [2.05, 4.69) is 27.5 Å². The molecule has 6 nitrogen and oxygen atoms in total. The average Bonchev–Trinajstić information content (AvgIpc) is 2.39. The highest BCUT2D eigenvalue weighted by molar-refractivity contribution is 5.92. The van der Waals surface area contributed by atoms with Crippen molar-refractivity contribution >= 4 is 11.9 Å². The Morgan fingerprint density at radius 3 is 3.00 bits per heavy atom. The van der Waals surface area contributed by atoms with Gasteiger partial charge in [-0.15, -0.1) is 0 Å². The topological polar surface area (TPSA) is 76.1 Å². The molecule has 0 radical (unpaired) electrons. The average molecular weight is 252 g/mol. The summed E-state index contributed by atoms with van der Waals surface area (Å²) in [4.78, 5) is 19.9. The number of ether oxygens (including phenoxy) is 1. The zero-order valence-corrected chi connectivity index (χ0v) is 10.9. The molecule has 0 spiro atoms. The molecule has 0 bridgehead atoms. The fourth-order valence-corrected chi connectivity index (χ4v) is 1.30.